The number of pyridine rings is 1. The average Bonchev–Trinajstić information content (AvgIpc) is 2.30. The minimum absolute atomic E-state index is 0.205. The highest BCUT2D eigenvalue weighted by Crippen LogP contribution is 2.23. The van der Waals surface area contributed by atoms with Crippen LogP contribution in [-0.4, -0.2) is 24.6 Å². The molecule has 0 amide bonds. The normalized spacial score (nSPS) is 14.2. The van der Waals surface area contributed by atoms with Gasteiger partial charge in [0, 0.05) is 12.4 Å². The molecule has 0 fully saturated rings. The summed E-state index contributed by atoms with van der Waals surface area (Å²) in [6.45, 7) is 4.17. The van der Waals surface area contributed by atoms with Gasteiger partial charge in [0.1, 0.15) is 0 Å². The number of hydrogen-bond donors (Lipinski definition) is 1. The fourth-order valence-electron chi connectivity index (χ4n) is 1.52. The van der Waals surface area contributed by atoms with Gasteiger partial charge in [-0.15, -0.1) is 0 Å². The van der Waals surface area contributed by atoms with Crippen LogP contribution in [0, 0.1) is 0 Å². The van der Waals surface area contributed by atoms with Crippen molar-refractivity contribution in [2.75, 3.05) is 13.7 Å². The summed E-state index contributed by atoms with van der Waals surface area (Å²) in [7, 11) is 1.83. The Morgan fingerprint density at radius 1 is 1.62 bits per heavy atom. The summed E-state index contributed by atoms with van der Waals surface area (Å²) < 4.78 is 4.96. The van der Waals surface area contributed by atoms with Crippen LogP contribution in [0.4, 0.5) is 0 Å². The first-order valence-corrected chi connectivity index (χ1v) is 5.37. The number of nitrogens with zero attached hydrogens (tertiary/aromatic N) is 1. The first kappa shape index (κ1) is 12.6. The Bertz CT molecular complexity index is 340. The van der Waals surface area contributed by atoms with E-state index in [0.29, 0.717) is 13.0 Å². The van der Waals surface area contributed by atoms with E-state index < -0.39 is 5.54 Å². The lowest BCUT2D eigenvalue weighted by atomic mass is 9.90. The molecule has 0 radical (unpaired) electrons. The lowest BCUT2D eigenvalue weighted by Gasteiger charge is -2.28. The van der Waals surface area contributed by atoms with Crippen molar-refractivity contribution >= 4 is 5.97 Å². The van der Waals surface area contributed by atoms with E-state index in [1.165, 1.54) is 0 Å². The minimum atomic E-state index is -0.430. The monoisotopic (exact) mass is 222 g/mol. The number of carbonyl (C=O) groups is 1. The van der Waals surface area contributed by atoms with Crippen LogP contribution < -0.4 is 5.32 Å². The van der Waals surface area contributed by atoms with Crippen molar-refractivity contribution in [3.63, 3.8) is 0 Å². The number of aromatic nitrogens is 1. The summed E-state index contributed by atoms with van der Waals surface area (Å²) in [5.41, 5.74) is 0.547. The maximum absolute atomic E-state index is 11.5. The molecule has 0 saturated heterocycles. The van der Waals surface area contributed by atoms with Gasteiger partial charge in [0.05, 0.1) is 18.6 Å². The quantitative estimate of drug-likeness (QED) is 0.766. The zero-order valence-corrected chi connectivity index (χ0v) is 9.99. The van der Waals surface area contributed by atoms with Gasteiger partial charge in [-0.2, -0.15) is 0 Å². The summed E-state index contributed by atoms with van der Waals surface area (Å²) in [4.78, 5) is 15.6. The Hall–Kier alpha value is -1.42. The molecule has 4 nitrogen and oxygen atoms in total. The second kappa shape index (κ2) is 5.61. The van der Waals surface area contributed by atoms with Crippen molar-refractivity contribution in [1.29, 1.82) is 0 Å². The number of hydrogen-bond acceptors (Lipinski definition) is 4. The van der Waals surface area contributed by atoms with E-state index in [0.717, 1.165) is 5.56 Å². The molecule has 1 aromatic heterocycles. The first-order chi connectivity index (χ1) is 7.62. The van der Waals surface area contributed by atoms with Gasteiger partial charge in [-0.25, -0.2) is 0 Å². The van der Waals surface area contributed by atoms with E-state index in [4.69, 9.17) is 4.74 Å². The van der Waals surface area contributed by atoms with E-state index in [9.17, 15) is 4.79 Å². The predicted molar refractivity (Wildman–Crippen MR) is 61.9 cm³/mol. The van der Waals surface area contributed by atoms with Crippen LogP contribution in [0.25, 0.3) is 0 Å². The van der Waals surface area contributed by atoms with E-state index in [1.807, 2.05) is 26.1 Å². The molecule has 4 heteroatoms. The van der Waals surface area contributed by atoms with Gasteiger partial charge in [-0.3, -0.25) is 9.78 Å². The van der Waals surface area contributed by atoms with E-state index >= 15 is 0 Å². The van der Waals surface area contributed by atoms with Crippen molar-refractivity contribution < 1.29 is 9.53 Å². The maximum atomic E-state index is 11.5. The molecule has 1 atom stereocenters. The van der Waals surface area contributed by atoms with Crippen molar-refractivity contribution in [3.8, 4) is 0 Å². The predicted octanol–water partition coefficient (Wildman–Crippen LogP) is 1.47. The third-order valence-electron chi connectivity index (χ3n) is 2.65. The number of carbonyl (C=O) groups excluding carboxylic acids is 1. The van der Waals surface area contributed by atoms with Crippen LogP contribution in [0.2, 0.25) is 0 Å². The summed E-state index contributed by atoms with van der Waals surface area (Å²) in [6.07, 6.45) is 3.77. The molecular formula is C12H18N2O2. The Morgan fingerprint density at radius 3 is 2.88 bits per heavy atom. The van der Waals surface area contributed by atoms with Crippen molar-refractivity contribution in [2.24, 2.45) is 0 Å². The number of ether oxygens (including phenoxy) is 1. The molecule has 1 unspecified atom stereocenters. The van der Waals surface area contributed by atoms with Gasteiger partial charge < -0.3 is 10.1 Å². The van der Waals surface area contributed by atoms with Gasteiger partial charge in [0.25, 0.3) is 0 Å². The molecule has 0 aliphatic carbocycles. The van der Waals surface area contributed by atoms with E-state index in [2.05, 4.69) is 10.3 Å². The molecule has 0 aliphatic rings. The standard InChI is InChI=1S/C12H18N2O2/c1-4-16-11(15)8-12(2,13-3)10-6-5-7-14-9-10/h5-7,9,13H,4,8H2,1-3H3. The highest BCUT2D eigenvalue weighted by molar-refractivity contribution is 5.71. The lowest BCUT2D eigenvalue weighted by molar-refractivity contribution is -0.144. The molecule has 0 bridgehead atoms. The maximum Gasteiger partial charge on any atom is 0.307 e. The average molecular weight is 222 g/mol. The van der Waals surface area contributed by atoms with Crippen molar-refractivity contribution in [2.45, 2.75) is 25.8 Å². The molecule has 0 aliphatic heterocycles. The van der Waals surface area contributed by atoms with Gasteiger partial charge in [-0.1, -0.05) is 6.07 Å². The SMILES string of the molecule is CCOC(=O)CC(C)(NC)c1cccnc1. The third-order valence-corrected chi connectivity index (χ3v) is 2.65. The summed E-state index contributed by atoms with van der Waals surface area (Å²) in [6, 6.07) is 3.80. The summed E-state index contributed by atoms with van der Waals surface area (Å²) >= 11 is 0. The Balaban J connectivity index is 2.82. The minimum Gasteiger partial charge on any atom is -0.466 e. The van der Waals surface area contributed by atoms with Gasteiger partial charge in [0.15, 0.2) is 0 Å². The molecular weight excluding hydrogens is 204 g/mol. The van der Waals surface area contributed by atoms with Gasteiger partial charge >= 0.3 is 5.97 Å². The first-order valence-electron chi connectivity index (χ1n) is 5.37. The summed E-state index contributed by atoms with van der Waals surface area (Å²) in [5.74, 6) is -0.205. The van der Waals surface area contributed by atoms with Crippen LogP contribution in [0.1, 0.15) is 25.8 Å². The molecule has 1 heterocycles. The van der Waals surface area contributed by atoms with Crippen LogP contribution in [0.15, 0.2) is 24.5 Å². The fraction of sp³-hybridized carbons (Fsp3) is 0.500. The number of esters is 1. The van der Waals surface area contributed by atoms with E-state index in [-0.39, 0.29) is 5.97 Å². The van der Waals surface area contributed by atoms with Gasteiger partial charge in [0.2, 0.25) is 0 Å². The lowest BCUT2D eigenvalue weighted by Crippen LogP contribution is -2.39. The fourth-order valence-corrected chi connectivity index (χ4v) is 1.52. The summed E-state index contributed by atoms with van der Waals surface area (Å²) in [5, 5.41) is 3.14. The Morgan fingerprint density at radius 2 is 2.38 bits per heavy atom. The molecule has 1 rings (SSSR count). The highest BCUT2D eigenvalue weighted by atomic mass is 16.5. The molecule has 0 saturated carbocycles. The van der Waals surface area contributed by atoms with Crippen LogP contribution >= 0.6 is 0 Å². The van der Waals surface area contributed by atoms with Crippen molar-refractivity contribution in [1.82, 2.24) is 10.3 Å². The zero-order chi connectivity index (χ0) is 12.0. The largest absolute Gasteiger partial charge is 0.466 e. The second-order valence-corrected chi connectivity index (χ2v) is 3.81. The Kier molecular flexibility index (Phi) is 4.43. The van der Waals surface area contributed by atoms with Crippen LogP contribution in [0.5, 0.6) is 0 Å². The topological polar surface area (TPSA) is 51.2 Å². The number of rotatable bonds is 5. The number of nitrogens with one attached hydrogen (secondary N) is 1. The molecule has 0 aromatic carbocycles. The molecule has 88 valence electrons. The second-order valence-electron chi connectivity index (χ2n) is 3.81. The molecule has 16 heavy (non-hydrogen) atoms. The zero-order valence-electron chi connectivity index (χ0n) is 9.99. The molecule has 1 aromatic rings. The molecule has 0 spiro atoms. The van der Waals surface area contributed by atoms with E-state index in [1.54, 1.807) is 19.3 Å². The highest BCUT2D eigenvalue weighted by Gasteiger charge is 2.28. The smallest absolute Gasteiger partial charge is 0.307 e. The van der Waals surface area contributed by atoms with Crippen molar-refractivity contribution in [3.05, 3.63) is 30.1 Å². The van der Waals surface area contributed by atoms with Gasteiger partial charge in [-0.05, 0) is 32.5 Å². The van der Waals surface area contributed by atoms with Crippen LogP contribution in [-0.2, 0) is 15.1 Å². The third kappa shape index (κ3) is 3.03. The molecule has 1 N–H and O–H groups in total. The van der Waals surface area contributed by atoms with Crippen LogP contribution in [0.3, 0.4) is 0 Å². The Labute approximate surface area is 96.0 Å².